The third-order valence-corrected chi connectivity index (χ3v) is 10.9. The minimum atomic E-state index is -0.125. The molecule has 0 atom stereocenters. The molecule has 4 heterocycles. The second-order valence-electron chi connectivity index (χ2n) is 12.7. The van der Waals surface area contributed by atoms with Gasteiger partial charge in [-0.15, -0.1) is 23.5 Å². The van der Waals surface area contributed by atoms with Crippen LogP contribution in [0.3, 0.4) is 0 Å². The number of aliphatic hydroxyl groups excluding tert-OH is 1. The van der Waals surface area contributed by atoms with Gasteiger partial charge in [-0.05, 0) is 64.2 Å². The van der Waals surface area contributed by atoms with E-state index in [0.717, 1.165) is 16.7 Å². The monoisotopic (exact) mass is 848 g/mol. The highest BCUT2D eigenvalue weighted by atomic mass is 32.2. The maximum Gasteiger partial charge on any atom is 0.233 e. The van der Waals surface area contributed by atoms with Crippen molar-refractivity contribution in [1.82, 2.24) is 19.9 Å². The van der Waals surface area contributed by atoms with Gasteiger partial charge in [0.25, 0.3) is 0 Å². The number of aliphatic hydroxyl groups is 1. The van der Waals surface area contributed by atoms with Crippen molar-refractivity contribution in [3.05, 3.63) is 130 Å². The van der Waals surface area contributed by atoms with Gasteiger partial charge in [-0.2, -0.15) is 21.0 Å². The first kappa shape index (κ1) is 43.4. The molecule has 14 nitrogen and oxygen atoms in total. The highest BCUT2D eigenvalue weighted by Crippen LogP contribution is 2.40. The Morgan fingerprint density at radius 3 is 1.59 bits per heavy atom. The molecule has 0 saturated heterocycles. The standard InChI is InChI=1S/C45H36N8O6S2/c1-55-42-36(19-46)40(38(21-48)44(52-42)60-27-29-4-3-13-50-23-29)33-7-11-35(12-8-33)59-17-16-57-26-30-18-31(25-51-24-30)28-61-45-39(22-49)41(37(20-47)43(53-45)56-2)32-5-9-34(10-6-32)58-15-14-54/h3-13,18,23-25,54H,14-17,26-28H2,1-2H3. The van der Waals surface area contributed by atoms with Crippen LogP contribution < -0.4 is 18.9 Å². The maximum atomic E-state index is 10.3. The zero-order valence-corrected chi connectivity index (χ0v) is 34.6. The number of hydrogen-bond donors (Lipinski definition) is 1. The summed E-state index contributed by atoms with van der Waals surface area (Å²) in [5.74, 6) is 2.32. The van der Waals surface area contributed by atoms with E-state index in [0.29, 0.717) is 55.3 Å². The number of methoxy groups -OCH3 is 2. The molecule has 304 valence electrons. The van der Waals surface area contributed by atoms with Gasteiger partial charge in [0, 0.05) is 47.4 Å². The summed E-state index contributed by atoms with van der Waals surface area (Å²) in [4.78, 5) is 17.5. The maximum absolute atomic E-state index is 10.3. The number of benzene rings is 2. The molecule has 2 aromatic carbocycles. The predicted molar refractivity (Wildman–Crippen MR) is 227 cm³/mol. The first-order valence-corrected chi connectivity index (χ1v) is 20.5. The zero-order chi connectivity index (χ0) is 43.0. The van der Waals surface area contributed by atoms with Crippen LogP contribution in [0.2, 0.25) is 0 Å². The van der Waals surface area contributed by atoms with Gasteiger partial charge in [-0.25, -0.2) is 9.97 Å². The van der Waals surface area contributed by atoms with E-state index in [9.17, 15) is 21.0 Å². The summed E-state index contributed by atoms with van der Waals surface area (Å²) in [6.07, 6.45) is 6.89. The summed E-state index contributed by atoms with van der Waals surface area (Å²) < 4.78 is 28.2. The number of nitriles is 4. The highest BCUT2D eigenvalue weighted by molar-refractivity contribution is 7.98. The van der Waals surface area contributed by atoms with Crippen molar-refractivity contribution in [3.8, 4) is 69.8 Å². The van der Waals surface area contributed by atoms with Gasteiger partial charge >= 0.3 is 0 Å². The smallest absolute Gasteiger partial charge is 0.233 e. The molecular formula is C45H36N8O6S2. The van der Waals surface area contributed by atoms with Crippen molar-refractivity contribution in [3.63, 3.8) is 0 Å². The van der Waals surface area contributed by atoms with E-state index in [1.165, 1.54) is 37.7 Å². The quantitative estimate of drug-likeness (QED) is 0.0612. The largest absolute Gasteiger partial charge is 0.491 e. The molecule has 0 fully saturated rings. The molecular weight excluding hydrogens is 813 g/mol. The molecule has 0 radical (unpaired) electrons. The van der Waals surface area contributed by atoms with E-state index in [-0.39, 0.29) is 67.0 Å². The van der Waals surface area contributed by atoms with Gasteiger partial charge in [-0.1, -0.05) is 30.3 Å². The number of pyridine rings is 4. The molecule has 0 spiro atoms. The average Bonchev–Trinajstić information content (AvgIpc) is 3.31. The predicted octanol–water partition coefficient (Wildman–Crippen LogP) is 7.66. The zero-order valence-electron chi connectivity index (χ0n) is 33.0. The van der Waals surface area contributed by atoms with Gasteiger partial charge in [0.2, 0.25) is 11.8 Å². The van der Waals surface area contributed by atoms with E-state index >= 15 is 0 Å². The summed E-state index contributed by atoms with van der Waals surface area (Å²) in [5.41, 5.74) is 5.60. The SMILES string of the molecule is COc1nc(SCc2cccnc2)c(C#N)c(-c2ccc(OCCOCc3cncc(CSc4nc(OC)c(C#N)c(-c5ccc(OCCO)cc5)c4C#N)c3)cc2)c1C#N. The summed E-state index contributed by atoms with van der Waals surface area (Å²) in [6, 6.07) is 28.5. The van der Waals surface area contributed by atoms with Crippen molar-refractivity contribution < 1.29 is 28.8 Å². The normalized spacial score (nSPS) is 10.5. The number of aromatic nitrogens is 4. The molecule has 0 saturated carbocycles. The Hall–Kier alpha value is -7.18. The van der Waals surface area contributed by atoms with Crippen molar-refractivity contribution in [2.75, 3.05) is 40.6 Å². The lowest BCUT2D eigenvalue weighted by Crippen LogP contribution is -2.07. The topological polar surface area (TPSA) is 213 Å². The van der Waals surface area contributed by atoms with E-state index in [4.69, 9.17) is 28.8 Å². The van der Waals surface area contributed by atoms with E-state index < -0.39 is 0 Å². The average molecular weight is 849 g/mol. The lowest BCUT2D eigenvalue weighted by atomic mass is 9.97. The number of nitrogens with zero attached hydrogens (tertiary/aromatic N) is 8. The summed E-state index contributed by atoms with van der Waals surface area (Å²) in [5, 5.41) is 50.5. The molecule has 0 unspecified atom stereocenters. The number of thioether (sulfide) groups is 2. The molecule has 1 N–H and O–H groups in total. The van der Waals surface area contributed by atoms with E-state index in [1.54, 1.807) is 73.3 Å². The van der Waals surface area contributed by atoms with Crippen LogP contribution in [-0.4, -0.2) is 65.7 Å². The minimum absolute atomic E-state index is 0.106. The number of rotatable bonds is 19. The lowest BCUT2D eigenvalue weighted by molar-refractivity contribution is 0.0887. The number of hydrogen-bond acceptors (Lipinski definition) is 16. The fraction of sp³-hybridized carbons (Fsp3) is 0.200. The molecule has 4 aromatic heterocycles. The van der Waals surface area contributed by atoms with Crippen LogP contribution in [0.15, 0.2) is 102 Å². The molecule has 61 heavy (non-hydrogen) atoms. The van der Waals surface area contributed by atoms with Crippen LogP contribution in [0.4, 0.5) is 0 Å². The Labute approximate surface area is 361 Å². The van der Waals surface area contributed by atoms with Crippen LogP contribution in [0.5, 0.6) is 23.3 Å². The van der Waals surface area contributed by atoms with Crippen molar-refractivity contribution >= 4 is 23.5 Å². The van der Waals surface area contributed by atoms with Gasteiger partial charge in [0.1, 0.15) is 70.2 Å². The lowest BCUT2D eigenvalue weighted by Gasteiger charge is -2.15. The Kier molecular flexibility index (Phi) is 15.4. The van der Waals surface area contributed by atoms with Crippen LogP contribution in [0.25, 0.3) is 22.3 Å². The third kappa shape index (κ3) is 10.7. The fourth-order valence-corrected chi connectivity index (χ4v) is 7.89. The van der Waals surface area contributed by atoms with Crippen LogP contribution in [-0.2, 0) is 22.8 Å². The molecule has 0 bridgehead atoms. The second kappa shape index (κ2) is 21.7. The molecule has 0 aliphatic rings. The fourth-order valence-electron chi connectivity index (χ4n) is 6.08. The van der Waals surface area contributed by atoms with Crippen LogP contribution >= 0.6 is 23.5 Å². The molecule has 0 aliphatic carbocycles. The van der Waals surface area contributed by atoms with Crippen molar-refractivity contribution in [2.24, 2.45) is 0 Å². The second-order valence-corrected chi connectivity index (χ2v) is 14.6. The first-order chi connectivity index (χ1) is 29.9. The number of ether oxygens (including phenoxy) is 5. The first-order valence-electron chi connectivity index (χ1n) is 18.5. The Balaban J connectivity index is 1.07. The van der Waals surface area contributed by atoms with Gasteiger partial charge in [0.15, 0.2) is 0 Å². The molecule has 0 amide bonds. The Morgan fingerprint density at radius 2 is 1.10 bits per heavy atom. The van der Waals surface area contributed by atoms with Gasteiger partial charge < -0.3 is 28.8 Å². The summed E-state index contributed by atoms with van der Waals surface area (Å²) in [6.45, 7) is 0.844. The van der Waals surface area contributed by atoms with Crippen LogP contribution in [0.1, 0.15) is 38.9 Å². The minimum Gasteiger partial charge on any atom is -0.491 e. The van der Waals surface area contributed by atoms with Crippen molar-refractivity contribution in [2.45, 2.75) is 28.2 Å². The van der Waals surface area contributed by atoms with E-state index in [2.05, 4.69) is 44.2 Å². The highest BCUT2D eigenvalue weighted by Gasteiger charge is 2.24. The molecule has 6 rings (SSSR count). The Bertz CT molecular complexity index is 2640. The summed E-state index contributed by atoms with van der Waals surface area (Å²) >= 11 is 2.69. The molecule has 6 aromatic rings. The van der Waals surface area contributed by atoms with Crippen LogP contribution in [0, 0.1) is 45.3 Å². The van der Waals surface area contributed by atoms with Crippen molar-refractivity contribution in [1.29, 1.82) is 21.0 Å². The summed E-state index contributed by atoms with van der Waals surface area (Å²) in [7, 11) is 2.87. The van der Waals surface area contributed by atoms with Gasteiger partial charge in [0.05, 0.1) is 45.2 Å². The van der Waals surface area contributed by atoms with E-state index in [1.807, 2.05) is 18.2 Å². The van der Waals surface area contributed by atoms with Gasteiger partial charge in [-0.3, -0.25) is 9.97 Å². The Morgan fingerprint density at radius 1 is 0.590 bits per heavy atom. The molecule has 0 aliphatic heterocycles. The third-order valence-electron chi connectivity index (χ3n) is 8.83. The molecule has 16 heteroatoms.